The van der Waals surface area contributed by atoms with Crippen LogP contribution in [0.15, 0.2) is 39.5 Å². The summed E-state index contributed by atoms with van der Waals surface area (Å²) in [6.45, 7) is 0.158. The Morgan fingerprint density at radius 2 is 2.22 bits per heavy atom. The number of halogens is 1. The van der Waals surface area contributed by atoms with Gasteiger partial charge in [-0.25, -0.2) is 0 Å². The fourth-order valence-electron chi connectivity index (χ4n) is 1.60. The van der Waals surface area contributed by atoms with Gasteiger partial charge in [0.1, 0.15) is 11.9 Å². The Hall–Kier alpha value is -0.880. The maximum Gasteiger partial charge on any atom is 0.188 e. The molecule has 5 heteroatoms. The zero-order valence-corrected chi connectivity index (χ0v) is 12.2. The van der Waals surface area contributed by atoms with Crippen LogP contribution in [0.4, 0.5) is 0 Å². The van der Waals surface area contributed by atoms with Crippen molar-refractivity contribution < 1.29 is 14.6 Å². The third kappa shape index (κ3) is 3.11. The van der Waals surface area contributed by atoms with Crippen LogP contribution in [-0.4, -0.2) is 19.0 Å². The largest absolute Gasteiger partial charge is 0.467 e. The summed E-state index contributed by atoms with van der Waals surface area (Å²) in [5.41, 5.74) is 1.58. The van der Waals surface area contributed by atoms with Gasteiger partial charge in [-0.3, -0.25) is 0 Å². The zero-order valence-electron chi connectivity index (χ0n) is 9.80. The highest BCUT2D eigenvalue weighted by molar-refractivity contribution is 9.10. The van der Waals surface area contributed by atoms with Gasteiger partial charge >= 0.3 is 0 Å². The lowest BCUT2D eigenvalue weighted by Crippen LogP contribution is -2.05. The molecule has 1 aromatic heterocycles. The number of ether oxygens (including phenoxy) is 2. The lowest BCUT2D eigenvalue weighted by Gasteiger charge is -2.15. The number of thiophene rings is 1. The van der Waals surface area contributed by atoms with Gasteiger partial charge in [0.2, 0.25) is 0 Å². The summed E-state index contributed by atoms with van der Waals surface area (Å²) in [7, 11) is 1.56. The van der Waals surface area contributed by atoms with Crippen LogP contribution in [-0.2, 0) is 4.74 Å². The van der Waals surface area contributed by atoms with E-state index in [1.54, 1.807) is 18.4 Å². The van der Waals surface area contributed by atoms with Crippen molar-refractivity contribution in [2.24, 2.45) is 0 Å². The number of hydrogen-bond donors (Lipinski definition) is 1. The molecule has 0 amide bonds. The van der Waals surface area contributed by atoms with Gasteiger partial charge in [-0.05, 0) is 40.6 Å². The van der Waals surface area contributed by atoms with E-state index < -0.39 is 6.10 Å². The molecule has 0 fully saturated rings. The van der Waals surface area contributed by atoms with Crippen LogP contribution in [0.25, 0.3) is 0 Å². The first-order chi connectivity index (χ1) is 8.72. The molecule has 1 atom stereocenters. The molecule has 0 bridgehead atoms. The van der Waals surface area contributed by atoms with Crippen LogP contribution in [0.2, 0.25) is 0 Å². The number of hydrogen-bond acceptors (Lipinski definition) is 4. The van der Waals surface area contributed by atoms with E-state index in [0.717, 1.165) is 15.6 Å². The maximum atomic E-state index is 10.4. The van der Waals surface area contributed by atoms with E-state index in [-0.39, 0.29) is 6.79 Å². The second-order valence-corrected chi connectivity index (χ2v) is 5.39. The van der Waals surface area contributed by atoms with E-state index >= 15 is 0 Å². The van der Waals surface area contributed by atoms with Gasteiger partial charge in [0.15, 0.2) is 6.79 Å². The number of aliphatic hydroxyl groups excluding tert-OH is 1. The predicted molar refractivity (Wildman–Crippen MR) is 75.0 cm³/mol. The minimum absolute atomic E-state index is 0.158. The normalized spacial score (nSPS) is 12.4. The predicted octanol–water partition coefficient (Wildman–Crippen LogP) is 3.58. The number of rotatable bonds is 5. The quantitative estimate of drug-likeness (QED) is 0.852. The third-order valence-electron chi connectivity index (χ3n) is 2.46. The summed E-state index contributed by atoms with van der Waals surface area (Å²) >= 11 is 4.95. The van der Waals surface area contributed by atoms with Crippen molar-refractivity contribution in [3.63, 3.8) is 0 Å². The molecule has 0 aliphatic rings. The van der Waals surface area contributed by atoms with Gasteiger partial charge in [0, 0.05) is 17.1 Å². The lowest BCUT2D eigenvalue weighted by molar-refractivity contribution is 0.0487. The second kappa shape index (κ2) is 6.33. The van der Waals surface area contributed by atoms with E-state index in [9.17, 15) is 5.11 Å². The van der Waals surface area contributed by atoms with E-state index in [1.165, 1.54) is 0 Å². The average molecular weight is 329 g/mol. The number of aliphatic hydroxyl groups is 1. The molecular formula is C13H13BrO3S. The van der Waals surface area contributed by atoms with Crippen molar-refractivity contribution in [2.45, 2.75) is 6.10 Å². The first-order valence-corrected chi connectivity index (χ1v) is 7.07. The SMILES string of the molecule is COCOc1ccc(Br)cc1[C@H](O)c1ccsc1. The van der Waals surface area contributed by atoms with Crippen molar-refractivity contribution >= 4 is 27.3 Å². The Kier molecular flexibility index (Phi) is 4.77. The van der Waals surface area contributed by atoms with Crippen molar-refractivity contribution in [2.75, 3.05) is 13.9 Å². The molecule has 2 aromatic rings. The molecule has 3 nitrogen and oxygen atoms in total. The van der Waals surface area contributed by atoms with E-state index in [0.29, 0.717) is 5.75 Å². The highest BCUT2D eigenvalue weighted by Crippen LogP contribution is 2.33. The van der Waals surface area contributed by atoms with Gasteiger partial charge in [0.05, 0.1) is 0 Å². The molecule has 0 radical (unpaired) electrons. The molecule has 0 aliphatic heterocycles. The summed E-state index contributed by atoms with van der Waals surface area (Å²) < 4.78 is 11.2. The Morgan fingerprint density at radius 3 is 2.89 bits per heavy atom. The van der Waals surface area contributed by atoms with Crippen LogP contribution in [0, 0.1) is 0 Å². The minimum atomic E-state index is -0.694. The van der Waals surface area contributed by atoms with Crippen molar-refractivity contribution in [1.82, 2.24) is 0 Å². The number of benzene rings is 1. The van der Waals surface area contributed by atoms with E-state index in [1.807, 2.05) is 35.0 Å². The Bertz CT molecular complexity index is 499. The monoisotopic (exact) mass is 328 g/mol. The van der Waals surface area contributed by atoms with Gasteiger partial charge in [0.25, 0.3) is 0 Å². The van der Waals surface area contributed by atoms with Crippen LogP contribution in [0.1, 0.15) is 17.2 Å². The fraction of sp³-hybridized carbons (Fsp3) is 0.231. The van der Waals surface area contributed by atoms with Crippen molar-refractivity contribution in [3.8, 4) is 5.75 Å². The Balaban J connectivity index is 2.32. The van der Waals surface area contributed by atoms with Crippen LogP contribution in [0.5, 0.6) is 5.75 Å². The molecule has 0 unspecified atom stereocenters. The topological polar surface area (TPSA) is 38.7 Å². The standard InChI is InChI=1S/C13H13BrO3S/c1-16-8-17-12-3-2-10(14)6-11(12)13(15)9-4-5-18-7-9/h2-7,13,15H,8H2,1H3/t13-/m1/s1. The molecule has 0 spiro atoms. The summed E-state index contributed by atoms with van der Waals surface area (Å²) in [4.78, 5) is 0. The smallest absolute Gasteiger partial charge is 0.188 e. The van der Waals surface area contributed by atoms with Crippen molar-refractivity contribution in [3.05, 3.63) is 50.6 Å². The Morgan fingerprint density at radius 1 is 1.39 bits per heavy atom. The van der Waals surface area contributed by atoms with Gasteiger partial charge in [-0.2, -0.15) is 11.3 Å². The second-order valence-electron chi connectivity index (χ2n) is 3.69. The molecule has 0 saturated heterocycles. The molecule has 0 aliphatic carbocycles. The summed E-state index contributed by atoms with van der Waals surface area (Å²) in [5, 5.41) is 14.2. The molecule has 0 saturated carbocycles. The first-order valence-electron chi connectivity index (χ1n) is 5.33. The van der Waals surface area contributed by atoms with Crippen LogP contribution < -0.4 is 4.74 Å². The summed E-state index contributed by atoms with van der Waals surface area (Å²) in [5.74, 6) is 0.624. The Labute approximate surface area is 118 Å². The lowest BCUT2D eigenvalue weighted by atomic mass is 10.0. The molecule has 1 N–H and O–H groups in total. The van der Waals surface area contributed by atoms with Crippen molar-refractivity contribution in [1.29, 1.82) is 0 Å². The number of methoxy groups -OCH3 is 1. The van der Waals surface area contributed by atoms with Gasteiger partial charge < -0.3 is 14.6 Å². The fourth-order valence-corrected chi connectivity index (χ4v) is 2.65. The molecule has 96 valence electrons. The average Bonchev–Trinajstić information content (AvgIpc) is 2.90. The molecule has 1 aromatic carbocycles. The van der Waals surface area contributed by atoms with Crippen LogP contribution >= 0.6 is 27.3 Å². The molecule has 2 rings (SSSR count). The molecular weight excluding hydrogens is 316 g/mol. The zero-order chi connectivity index (χ0) is 13.0. The van der Waals surface area contributed by atoms with Crippen LogP contribution in [0.3, 0.4) is 0 Å². The highest BCUT2D eigenvalue weighted by Gasteiger charge is 2.16. The summed E-state index contributed by atoms with van der Waals surface area (Å²) in [6, 6.07) is 7.44. The maximum absolute atomic E-state index is 10.4. The minimum Gasteiger partial charge on any atom is -0.467 e. The molecule has 18 heavy (non-hydrogen) atoms. The van der Waals surface area contributed by atoms with Gasteiger partial charge in [-0.1, -0.05) is 15.9 Å². The summed E-state index contributed by atoms with van der Waals surface area (Å²) in [6.07, 6.45) is -0.694. The van der Waals surface area contributed by atoms with Gasteiger partial charge in [-0.15, -0.1) is 0 Å². The van der Waals surface area contributed by atoms with E-state index in [4.69, 9.17) is 9.47 Å². The highest BCUT2D eigenvalue weighted by atomic mass is 79.9. The third-order valence-corrected chi connectivity index (χ3v) is 3.65. The molecule has 1 heterocycles. The first kappa shape index (κ1) is 13.5. The van der Waals surface area contributed by atoms with E-state index in [2.05, 4.69) is 15.9 Å².